The molecule has 0 atom stereocenters. The Balaban J connectivity index is 1.22. The summed E-state index contributed by atoms with van der Waals surface area (Å²) in [6.45, 7) is 4.30. The van der Waals surface area contributed by atoms with E-state index >= 15 is 0 Å². The van der Waals surface area contributed by atoms with Crippen LogP contribution in [0.1, 0.15) is 116 Å². The smallest absolute Gasteiger partial charge is 0.378 e. The van der Waals surface area contributed by atoms with E-state index in [2.05, 4.69) is 6.92 Å². The highest BCUT2D eigenvalue weighted by Crippen LogP contribution is 2.42. The zero-order valence-electron chi connectivity index (χ0n) is 21.5. The van der Waals surface area contributed by atoms with E-state index in [-0.39, 0.29) is 18.6 Å². The molecule has 6 heteroatoms. The van der Waals surface area contributed by atoms with Crippen LogP contribution in [0.15, 0.2) is 0 Å². The van der Waals surface area contributed by atoms with Gasteiger partial charge in [0.05, 0.1) is 19.3 Å². The maximum absolute atomic E-state index is 12.3. The third-order valence-electron chi connectivity index (χ3n) is 8.50. The van der Waals surface area contributed by atoms with E-state index < -0.39 is 12.6 Å². The van der Waals surface area contributed by atoms with Gasteiger partial charge in [0, 0.05) is 24.9 Å². The maximum Gasteiger partial charge on any atom is 0.389 e. The Labute approximate surface area is 205 Å². The molecule has 0 aromatic heterocycles. The monoisotopic (exact) mass is 490 g/mol. The van der Waals surface area contributed by atoms with Crippen molar-refractivity contribution in [1.82, 2.24) is 0 Å². The quantitative estimate of drug-likeness (QED) is 0.242. The van der Waals surface area contributed by atoms with E-state index in [1.807, 2.05) is 0 Å². The van der Waals surface area contributed by atoms with Gasteiger partial charge in [0.15, 0.2) is 6.29 Å². The lowest BCUT2D eigenvalue weighted by atomic mass is 9.70. The van der Waals surface area contributed by atoms with Crippen LogP contribution in [0.5, 0.6) is 0 Å². The highest BCUT2D eigenvalue weighted by molar-refractivity contribution is 4.84. The molecule has 0 radical (unpaired) electrons. The third kappa shape index (κ3) is 10.3. The summed E-state index contributed by atoms with van der Waals surface area (Å²) in [4.78, 5) is 0. The summed E-state index contributed by atoms with van der Waals surface area (Å²) in [5, 5.41) is 0. The number of alkyl halides is 3. The van der Waals surface area contributed by atoms with Crippen molar-refractivity contribution in [2.24, 2.45) is 23.7 Å². The van der Waals surface area contributed by atoms with Crippen LogP contribution in [0.2, 0.25) is 0 Å². The number of ether oxygens (including phenoxy) is 3. The number of rotatable bonds is 13. The predicted octanol–water partition coefficient (Wildman–Crippen LogP) is 8.45. The topological polar surface area (TPSA) is 27.7 Å². The first-order valence-corrected chi connectivity index (χ1v) is 14.4. The number of hydrogen-bond acceptors (Lipinski definition) is 3. The number of halogens is 3. The summed E-state index contributed by atoms with van der Waals surface area (Å²) in [5.41, 5.74) is 0. The van der Waals surface area contributed by atoms with Crippen LogP contribution >= 0.6 is 0 Å². The van der Waals surface area contributed by atoms with Crippen LogP contribution < -0.4 is 0 Å². The van der Waals surface area contributed by atoms with Crippen LogP contribution in [0, 0.1) is 23.7 Å². The van der Waals surface area contributed by atoms with Crippen molar-refractivity contribution in [2.75, 3.05) is 19.8 Å². The van der Waals surface area contributed by atoms with E-state index in [0.717, 1.165) is 31.3 Å². The van der Waals surface area contributed by atoms with Gasteiger partial charge in [-0.05, 0) is 82.5 Å². The average Bonchev–Trinajstić information content (AvgIpc) is 2.84. The van der Waals surface area contributed by atoms with E-state index in [9.17, 15) is 13.2 Å². The minimum Gasteiger partial charge on any atom is -0.378 e. The number of hydrogen-bond donors (Lipinski definition) is 0. The Morgan fingerprint density at radius 1 is 0.706 bits per heavy atom. The second-order valence-corrected chi connectivity index (χ2v) is 11.3. The molecule has 0 aromatic carbocycles. The van der Waals surface area contributed by atoms with E-state index in [1.165, 1.54) is 77.0 Å². The van der Waals surface area contributed by atoms with Crippen LogP contribution in [-0.2, 0) is 14.2 Å². The maximum atomic E-state index is 12.3. The van der Waals surface area contributed by atoms with Crippen molar-refractivity contribution in [3.63, 3.8) is 0 Å². The van der Waals surface area contributed by atoms with Crippen LogP contribution in [-0.4, -0.2) is 38.4 Å². The van der Waals surface area contributed by atoms with Crippen LogP contribution in [0.25, 0.3) is 0 Å². The fourth-order valence-electron chi connectivity index (χ4n) is 6.34. The molecule has 200 valence electrons. The molecule has 1 heterocycles. The Hall–Kier alpha value is -0.330. The van der Waals surface area contributed by atoms with Crippen molar-refractivity contribution >= 4 is 0 Å². The summed E-state index contributed by atoms with van der Waals surface area (Å²) in [5.74, 6) is 2.23. The summed E-state index contributed by atoms with van der Waals surface area (Å²) in [6.07, 6.45) is 14.1. The predicted molar refractivity (Wildman–Crippen MR) is 130 cm³/mol. The zero-order valence-corrected chi connectivity index (χ0v) is 21.5. The molecule has 3 aliphatic rings. The molecular weight excluding hydrogens is 441 g/mol. The van der Waals surface area contributed by atoms with Crippen LogP contribution in [0.3, 0.4) is 0 Å². The molecule has 0 N–H and O–H groups in total. The van der Waals surface area contributed by atoms with Crippen molar-refractivity contribution in [1.29, 1.82) is 0 Å². The molecule has 0 bridgehead atoms. The molecule has 2 aliphatic carbocycles. The fourth-order valence-corrected chi connectivity index (χ4v) is 6.34. The minimum atomic E-state index is -4.06. The molecular formula is C28H49F3O3. The largest absolute Gasteiger partial charge is 0.389 e. The van der Waals surface area contributed by atoms with Crippen molar-refractivity contribution in [3.8, 4) is 0 Å². The highest BCUT2D eigenvalue weighted by Gasteiger charge is 2.36. The van der Waals surface area contributed by atoms with Gasteiger partial charge in [-0.1, -0.05) is 39.0 Å². The van der Waals surface area contributed by atoms with Crippen molar-refractivity contribution in [3.05, 3.63) is 0 Å². The first kappa shape index (κ1) is 28.2. The molecule has 0 aromatic rings. The zero-order chi connectivity index (χ0) is 24.2. The molecule has 1 aliphatic heterocycles. The van der Waals surface area contributed by atoms with Gasteiger partial charge in [-0.3, -0.25) is 0 Å². The molecule has 3 fully saturated rings. The Morgan fingerprint density at radius 3 is 1.88 bits per heavy atom. The van der Waals surface area contributed by atoms with Crippen LogP contribution in [0.4, 0.5) is 13.2 Å². The molecule has 3 rings (SSSR count). The summed E-state index contributed by atoms with van der Waals surface area (Å²) >= 11 is 0. The molecule has 1 saturated heterocycles. The normalized spacial score (nSPS) is 33.2. The van der Waals surface area contributed by atoms with E-state index in [1.54, 1.807) is 0 Å². The summed E-state index contributed by atoms with van der Waals surface area (Å²) < 4.78 is 55.1. The Kier molecular flexibility index (Phi) is 12.5. The number of unbranched alkanes of at least 4 members (excludes halogenated alkanes) is 5. The molecule has 0 unspecified atom stereocenters. The molecule has 3 nitrogen and oxygen atoms in total. The summed E-state index contributed by atoms with van der Waals surface area (Å²) in [6, 6.07) is 0. The Bertz CT molecular complexity index is 517. The lowest BCUT2D eigenvalue weighted by molar-refractivity contribution is -0.231. The molecule has 0 spiro atoms. The average molecular weight is 491 g/mol. The van der Waals surface area contributed by atoms with Gasteiger partial charge >= 0.3 is 6.18 Å². The van der Waals surface area contributed by atoms with Gasteiger partial charge in [0.1, 0.15) is 0 Å². The van der Waals surface area contributed by atoms with Crippen molar-refractivity contribution < 1.29 is 27.4 Å². The molecule has 2 saturated carbocycles. The lowest BCUT2D eigenvalue weighted by Crippen LogP contribution is -2.39. The van der Waals surface area contributed by atoms with Gasteiger partial charge in [0.25, 0.3) is 0 Å². The lowest BCUT2D eigenvalue weighted by Gasteiger charge is -2.41. The first-order valence-electron chi connectivity index (χ1n) is 14.4. The highest BCUT2D eigenvalue weighted by atomic mass is 19.4. The van der Waals surface area contributed by atoms with Gasteiger partial charge in [-0.2, -0.15) is 13.2 Å². The van der Waals surface area contributed by atoms with Crippen molar-refractivity contribution in [2.45, 2.75) is 135 Å². The van der Waals surface area contributed by atoms with Gasteiger partial charge in [-0.25, -0.2) is 0 Å². The SMILES string of the molecule is CCCCCCCCO[C@H]1CC[C@H](C2CCC([C@H]3OC[C@H](CCCC(F)(F)F)CO3)CC2)CC1. The minimum absolute atomic E-state index is 0.105. The molecule has 34 heavy (non-hydrogen) atoms. The van der Waals surface area contributed by atoms with Gasteiger partial charge in [0.2, 0.25) is 0 Å². The van der Waals surface area contributed by atoms with Gasteiger partial charge < -0.3 is 14.2 Å². The molecule has 0 amide bonds. The van der Waals surface area contributed by atoms with E-state index in [4.69, 9.17) is 14.2 Å². The fraction of sp³-hybridized carbons (Fsp3) is 1.00. The Morgan fingerprint density at radius 2 is 1.26 bits per heavy atom. The van der Waals surface area contributed by atoms with Gasteiger partial charge in [-0.15, -0.1) is 0 Å². The summed E-state index contributed by atoms with van der Waals surface area (Å²) in [7, 11) is 0. The van der Waals surface area contributed by atoms with E-state index in [0.29, 0.717) is 31.7 Å². The second-order valence-electron chi connectivity index (χ2n) is 11.3. The standard InChI is InChI=1S/C28H49F3O3/c1-2-3-4-5-6-7-19-32-26-16-14-24(15-17-26)23-10-12-25(13-11-23)27-33-20-22(21-34-27)9-8-18-28(29,30)31/h22-27H,2-21H2,1H3/t22-,23?,24-,25?,26-,27-. The first-order chi connectivity index (χ1) is 16.4. The second kappa shape index (κ2) is 15.0. The third-order valence-corrected chi connectivity index (χ3v) is 8.50.